The van der Waals surface area contributed by atoms with Gasteiger partial charge in [-0.25, -0.2) is 14.2 Å². The van der Waals surface area contributed by atoms with E-state index in [0.717, 1.165) is 41.1 Å². The second kappa shape index (κ2) is 13.4. The van der Waals surface area contributed by atoms with Crippen molar-refractivity contribution in [2.24, 2.45) is 7.05 Å². The Morgan fingerprint density at radius 1 is 0.977 bits per heavy atom. The van der Waals surface area contributed by atoms with Crippen LogP contribution in [0.15, 0.2) is 54.2 Å². The summed E-state index contributed by atoms with van der Waals surface area (Å²) < 4.78 is 33.2. The first-order valence-corrected chi connectivity index (χ1v) is 14.4. The van der Waals surface area contributed by atoms with Gasteiger partial charge in [0.15, 0.2) is 11.5 Å². The molecule has 0 bridgehead atoms. The summed E-state index contributed by atoms with van der Waals surface area (Å²) in [4.78, 5) is 27.9. The van der Waals surface area contributed by atoms with Crippen molar-refractivity contribution in [2.45, 2.75) is 19.9 Å². The zero-order valence-electron chi connectivity index (χ0n) is 25.7. The Bertz CT molecular complexity index is 1600. The molecule has 1 aliphatic carbocycles. The molecule has 232 valence electrons. The molecule has 44 heavy (non-hydrogen) atoms. The number of carbonyl (C=O) groups is 2. The molecule has 0 spiro atoms. The van der Waals surface area contributed by atoms with Crippen molar-refractivity contribution in [3.05, 3.63) is 82.4 Å². The third-order valence-corrected chi connectivity index (χ3v) is 8.05. The van der Waals surface area contributed by atoms with Gasteiger partial charge in [-0.1, -0.05) is 6.07 Å². The number of carbonyl (C=O) groups excluding carboxylic acids is 2. The molecule has 10 nitrogen and oxygen atoms in total. The van der Waals surface area contributed by atoms with Gasteiger partial charge < -0.3 is 29.0 Å². The Balaban J connectivity index is 1.40. The van der Waals surface area contributed by atoms with Gasteiger partial charge in [0.2, 0.25) is 11.7 Å². The number of nitrogens with one attached hydrogen (secondary N) is 2. The largest absolute Gasteiger partial charge is 0.493 e. The van der Waals surface area contributed by atoms with Gasteiger partial charge in [-0.05, 0) is 89.9 Å². The van der Waals surface area contributed by atoms with Crippen molar-refractivity contribution < 1.29 is 28.2 Å². The van der Waals surface area contributed by atoms with E-state index in [0.29, 0.717) is 42.3 Å². The van der Waals surface area contributed by atoms with Gasteiger partial charge in [0, 0.05) is 45.1 Å². The lowest BCUT2D eigenvalue weighted by Gasteiger charge is -2.31. The van der Waals surface area contributed by atoms with Crippen LogP contribution in [-0.4, -0.2) is 73.9 Å². The van der Waals surface area contributed by atoms with Crippen LogP contribution < -0.4 is 25.0 Å². The first kappa shape index (κ1) is 30.8. The number of methoxy groups -OCH3 is 2. The highest BCUT2D eigenvalue weighted by Crippen LogP contribution is 2.45. The third kappa shape index (κ3) is 6.79. The first-order chi connectivity index (χ1) is 21.2. The number of hydrogen-bond acceptors (Lipinski definition) is 7. The molecular formula is C33H38FN5O5. The number of piperazine rings is 1. The maximum absolute atomic E-state index is 14.4. The van der Waals surface area contributed by atoms with Crippen LogP contribution in [0.3, 0.4) is 0 Å². The normalized spacial score (nSPS) is 16.2. The minimum absolute atomic E-state index is 0.103. The average molecular weight is 604 g/mol. The molecule has 2 aromatic carbocycles. The SMILES string of the molecule is COc1cc(/C=C2/C(C)=C(CC(=O)NCc3cccn3C)c3cc(F)ccc32)cc(OC)c1OC(=O)NN1CCN(C)CC1. The smallest absolute Gasteiger partial charge is 0.427 e. The predicted molar refractivity (Wildman–Crippen MR) is 167 cm³/mol. The molecule has 1 fully saturated rings. The van der Waals surface area contributed by atoms with Crippen LogP contribution >= 0.6 is 0 Å². The van der Waals surface area contributed by atoms with E-state index in [1.165, 1.54) is 26.4 Å². The van der Waals surface area contributed by atoms with Crippen molar-refractivity contribution >= 4 is 29.2 Å². The molecule has 1 aromatic heterocycles. The molecule has 1 aliphatic heterocycles. The number of likely N-dealkylation sites (N-methyl/N-ethyl adjacent to an activating group) is 1. The van der Waals surface area contributed by atoms with E-state index in [1.807, 2.05) is 55.0 Å². The van der Waals surface area contributed by atoms with E-state index >= 15 is 0 Å². The lowest BCUT2D eigenvalue weighted by molar-refractivity contribution is -0.120. The van der Waals surface area contributed by atoms with E-state index in [-0.39, 0.29) is 23.9 Å². The van der Waals surface area contributed by atoms with Crippen LogP contribution in [-0.2, 0) is 18.4 Å². The number of aryl methyl sites for hydroxylation is 1. The highest BCUT2D eigenvalue weighted by Gasteiger charge is 2.27. The van der Waals surface area contributed by atoms with Crippen molar-refractivity contribution in [3.8, 4) is 17.2 Å². The Kier molecular flexibility index (Phi) is 9.36. The molecule has 1 saturated heterocycles. The zero-order valence-corrected chi connectivity index (χ0v) is 25.7. The molecule has 3 aromatic rings. The van der Waals surface area contributed by atoms with Crippen molar-refractivity contribution in [1.29, 1.82) is 0 Å². The van der Waals surface area contributed by atoms with Crippen molar-refractivity contribution in [2.75, 3.05) is 47.4 Å². The molecule has 0 unspecified atom stereocenters. The molecule has 0 radical (unpaired) electrons. The monoisotopic (exact) mass is 603 g/mol. The van der Waals surface area contributed by atoms with Crippen molar-refractivity contribution in [1.82, 2.24) is 25.2 Å². The topological polar surface area (TPSA) is 97.3 Å². The Hall–Kier alpha value is -4.61. The average Bonchev–Trinajstić information content (AvgIpc) is 3.53. The third-order valence-electron chi connectivity index (χ3n) is 8.05. The maximum Gasteiger partial charge on any atom is 0.427 e. The number of ether oxygens (including phenoxy) is 3. The van der Waals surface area contributed by atoms with Crippen molar-refractivity contribution in [3.63, 3.8) is 0 Å². The summed E-state index contributed by atoms with van der Waals surface area (Å²) in [7, 11) is 6.93. The van der Waals surface area contributed by atoms with Gasteiger partial charge >= 0.3 is 6.09 Å². The van der Waals surface area contributed by atoms with Gasteiger partial charge in [-0.3, -0.25) is 10.2 Å². The zero-order chi connectivity index (χ0) is 31.4. The number of halogens is 1. The molecule has 0 saturated carbocycles. The number of rotatable bonds is 9. The molecule has 2 heterocycles. The van der Waals surface area contributed by atoms with Crippen LogP contribution in [0.4, 0.5) is 9.18 Å². The minimum atomic E-state index is -0.641. The van der Waals surface area contributed by atoms with Crippen LogP contribution in [0, 0.1) is 5.82 Å². The summed E-state index contributed by atoms with van der Waals surface area (Å²) >= 11 is 0. The molecular weight excluding hydrogens is 565 g/mol. The Morgan fingerprint density at radius 2 is 1.68 bits per heavy atom. The number of hydrazine groups is 1. The number of nitrogens with zero attached hydrogens (tertiary/aromatic N) is 3. The van der Waals surface area contributed by atoms with E-state index in [9.17, 15) is 14.0 Å². The molecule has 5 rings (SSSR count). The number of allylic oxidation sites excluding steroid dienone is 2. The summed E-state index contributed by atoms with van der Waals surface area (Å²) in [6.07, 6.45) is 3.32. The predicted octanol–water partition coefficient (Wildman–Crippen LogP) is 4.47. The van der Waals surface area contributed by atoms with E-state index in [1.54, 1.807) is 18.2 Å². The quantitative estimate of drug-likeness (QED) is 0.373. The summed E-state index contributed by atoms with van der Waals surface area (Å²) in [5.41, 5.74) is 8.44. The standard InChI is InChI=1S/C33H38FN5O5/c1-21-26(25-9-8-23(34)18-28(25)27(21)19-31(40)35-20-24-7-6-10-38(24)3)15-22-16-29(42-4)32(30(17-22)43-5)44-33(41)36-39-13-11-37(2)12-14-39/h6-10,15-18H,11-14,19-20H2,1-5H3,(H,35,40)(H,36,41)/b26-15-. The Labute approximate surface area is 256 Å². The van der Waals surface area contributed by atoms with Gasteiger partial charge in [-0.15, -0.1) is 0 Å². The molecule has 2 N–H and O–H groups in total. The summed E-state index contributed by atoms with van der Waals surface area (Å²) in [6.45, 7) is 5.36. The molecule has 0 atom stereocenters. The summed E-state index contributed by atoms with van der Waals surface area (Å²) in [5, 5.41) is 4.79. The van der Waals surface area contributed by atoms with Gasteiger partial charge in [0.05, 0.1) is 27.2 Å². The number of hydrogen-bond donors (Lipinski definition) is 2. The minimum Gasteiger partial charge on any atom is -0.493 e. The number of aromatic nitrogens is 1. The lowest BCUT2D eigenvalue weighted by Crippen LogP contribution is -2.53. The van der Waals surface area contributed by atoms with Crippen LogP contribution in [0.5, 0.6) is 17.2 Å². The van der Waals surface area contributed by atoms with E-state index < -0.39 is 6.09 Å². The highest BCUT2D eigenvalue weighted by molar-refractivity contribution is 6.08. The fraction of sp³-hybridized carbons (Fsp3) is 0.333. The van der Waals surface area contributed by atoms with E-state index in [2.05, 4.69) is 15.6 Å². The fourth-order valence-corrected chi connectivity index (χ4v) is 5.49. The molecule has 2 aliphatic rings. The van der Waals surface area contributed by atoms with Crippen LogP contribution in [0.1, 0.15) is 35.7 Å². The molecule has 2 amide bonds. The summed E-state index contributed by atoms with van der Waals surface area (Å²) in [6, 6.07) is 12.0. The highest BCUT2D eigenvalue weighted by atomic mass is 19.1. The van der Waals surface area contributed by atoms with Gasteiger partial charge in [-0.2, -0.15) is 0 Å². The molecule has 11 heteroatoms. The van der Waals surface area contributed by atoms with Gasteiger partial charge in [0.1, 0.15) is 5.82 Å². The maximum atomic E-state index is 14.4. The number of benzene rings is 2. The Morgan fingerprint density at radius 3 is 2.32 bits per heavy atom. The van der Waals surface area contributed by atoms with Gasteiger partial charge in [0.25, 0.3) is 0 Å². The first-order valence-electron chi connectivity index (χ1n) is 14.4. The van der Waals surface area contributed by atoms with Crippen LogP contribution in [0.2, 0.25) is 0 Å². The lowest BCUT2D eigenvalue weighted by atomic mass is 10.00. The second-order valence-corrected chi connectivity index (χ2v) is 11.0. The number of fused-ring (bicyclic) bond motifs is 1. The van der Waals surface area contributed by atoms with Crippen LogP contribution in [0.25, 0.3) is 17.2 Å². The number of amides is 2. The fourth-order valence-electron chi connectivity index (χ4n) is 5.49. The van der Waals surface area contributed by atoms with E-state index in [4.69, 9.17) is 14.2 Å². The second-order valence-electron chi connectivity index (χ2n) is 11.0. The summed E-state index contributed by atoms with van der Waals surface area (Å²) in [5.74, 6) is 0.240.